The predicted octanol–water partition coefficient (Wildman–Crippen LogP) is 3.45. The number of carbonyl (C=O) groups excluding carboxylic acids is 1. The molecule has 1 amide bonds. The molecule has 3 N–H and O–H groups in total. The molecule has 114 valence electrons. The number of oxime groups is 1. The second-order valence-corrected chi connectivity index (χ2v) is 5.07. The van der Waals surface area contributed by atoms with Crippen LogP contribution < -0.4 is 5.32 Å². The summed E-state index contributed by atoms with van der Waals surface area (Å²) in [7, 11) is 0. The van der Waals surface area contributed by atoms with Gasteiger partial charge in [0.15, 0.2) is 0 Å². The monoisotopic (exact) mass is 338 g/mol. The number of phenols is 1. The van der Waals surface area contributed by atoms with Crippen LogP contribution in [0.1, 0.15) is 11.1 Å². The summed E-state index contributed by atoms with van der Waals surface area (Å²) in [4.78, 5) is 11.5. The number of rotatable bonds is 4. The van der Waals surface area contributed by atoms with Crippen molar-refractivity contribution in [3.8, 4) is 5.75 Å². The van der Waals surface area contributed by atoms with Gasteiger partial charge in [0.05, 0.1) is 5.69 Å². The molecule has 22 heavy (non-hydrogen) atoms. The number of hydrogen-bond donors (Lipinski definition) is 3. The van der Waals surface area contributed by atoms with Crippen LogP contribution in [0.2, 0.25) is 5.02 Å². The van der Waals surface area contributed by atoms with E-state index in [4.69, 9.17) is 23.2 Å². The van der Waals surface area contributed by atoms with Crippen LogP contribution in [0.4, 0.5) is 5.69 Å². The number of aromatic hydroxyl groups is 1. The van der Waals surface area contributed by atoms with Gasteiger partial charge in [0, 0.05) is 16.1 Å². The van der Waals surface area contributed by atoms with Crippen LogP contribution in [-0.4, -0.2) is 27.8 Å². The summed E-state index contributed by atoms with van der Waals surface area (Å²) in [6.07, 6.45) is 0. The first-order chi connectivity index (χ1) is 10.5. The highest BCUT2D eigenvalue weighted by Gasteiger charge is 2.15. The molecule has 0 radical (unpaired) electrons. The Labute approximate surface area is 136 Å². The minimum atomic E-state index is -0.404. The first-order valence-electron chi connectivity index (χ1n) is 6.22. The Balaban J connectivity index is 2.53. The van der Waals surface area contributed by atoms with Crippen molar-refractivity contribution >= 4 is 40.5 Å². The minimum Gasteiger partial charge on any atom is -0.508 e. The summed E-state index contributed by atoms with van der Waals surface area (Å²) < 4.78 is 0. The Morgan fingerprint density at radius 1 is 1.23 bits per heavy atom. The van der Waals surface area contributed by atoms with E-state index in [0.29, 0.717) is 21.8 Å². The van der Waals surface area contributed by atoms with Gasteiger partial charge in [0.2, 0.25) is 5.91 Å². The van der Waals surface area contributed by atoms with E-state index in [-0.39, 0.29) is 17.3 Å². The van der Waals surface area contributed by atoms with Gasteiger partial charge in [0.25, 0.3) is 0 Å². The third kappa shape index (κ3) is 3.69. The number of halogens is 2. The van der Waals surface area contributed by atoms with Gasteiger partial charge in [-0.3, -0.25) is 4.79 Å². The van der Waals surface area contributed by atoms with Crippen LogP contribution in [0.15, 0.2) is 47.6 Å². The molecule has 0 aliphatic rings. The van der Waals surface area contributed by atoms with E-state index in [9.17, 15) is 15.1 Å². The molecular weight excluding hydrogens is 327 g/mol. The van der Waals surface area contributed by atoms with Gasteiger partial charge in [-0.1, -0.05) is 28.9 Å². The van der Waals surface area contributed by atoms with Crippen molar-refractivity contribution in [2.24, 2.45) is 5.16 Å². The molecule has 0 unspecified atom stereocenters. The van der Waals surface area contributed by atoms with E-state index in [1.165, 1.54) is 12.1 Å². The number of benzene rings is 2. The molecule has 7 heteroatoms. The molecule has 0 atom stereocenters. The fourth-order valence-electron chi connectivity index (χ4n) is 1.93. The lowest BCUT2D eigenvalue weighted by Gasteiger charge is -2.12. The highest BCUT2D eigenvalue weighted by atomic mass is 35.5. The van der Waals surface area contributed by atoms with E-state index >= 15 is 0 Å². The first kappa shape index (κ1) is 16.1. The summed E-state index contributed by atoms with van der Waals surface area (Å²) in [5, 5.41) is 25.2. The van der Waals surface area contributed by atoms with Gasteiger partial charge in [0.1, 0.15) is 17.3 Å². The van der Waals surface area contributed by atoms with E-state index in [2.05, 4.69) is 10.5 Å². The normalized spacial score (nSPS) is 11.3. The number of nitrogens with zero attached hydrogens (tertiary/aromatic N) is 1. The third-order valence-corrected chi connectivity index (χ3v) is 3.33. The van der Waals surface area contributed by atoms with Gasteiger partial charge in [-0.2, -0.15) is 0 Å². The largest absolute Gasteiger partial charge is 0.508 e. The van der Waals surface area contributed by atoms with Gasteiger partial charge in [-0.05, 0) is 30.3 Å². The third-order valence-electron chi connectivity index (χ3n) is 2.85. The lowest BCUT2D eigenvalue weighted by Crippen LogP contribution is -2.16. The average Bonchev–Trinajstić information content (AvgIpc) is 2.50. The van der Waals surface area contributed by atoms with Crippen LogP contribution in [0, 0.1) is 0 Å². The molecule has 2 aromatic rings. The Hall–Kier alpha value is -2.24. The maximum absolute atomic E-state index is 11.5. The number of amides is 1. The number of carbonyl (C=O) groups is 1. The molecule has 5 nitrogen and oxygen atoms in total. The number of anilines is 1. The van der Waals surface area contributed by atoms with Crippen LogP contribution in [0.3, 0.4) is 0 Å². The predicted molar refractivity (Wildman–Crippen MR) is 86.3 cm³/mol. The number of nitrogens with one attached hydrogen (secondary N) is 1. The Morgan fingerprint density at radius 2 is 2.00 bits per heavy atom. The van der Waals surface area contributed by atoms with Gasteiger partial charge < -0.3 is 15.6 Å². The van der Waals surface area contributed by atoms with Gasteiger partial charge in [-0.25, -0.2) is 0 Å². The van der Waals surface area contributed by atoms with Gasteiger partial charge >= 0.3 is 0 Å². The molecule has 2 aromatic carbocycles. The van der Waals surface area contributed by atoms with E-state index in [0.717, 1.165) is 0 Å². The number of phenolic OH excluding ortho intramolecular Hbond substituents is 1. The van der Waals surface area contributed by atoms with Crippen molar-refractivity contribution in [3.63, 3.8) is 0 Å². The highest BCUT2D eigenvalue weighted by Crippen LogP contribution is 2.25. The molecule has 0 saturated heterocycles. The topological polar surface area (TPSA) is 81.9 Å². The molecule has 0 aromatic heterocycles. The molecule has 0 bridgehead atoms. The Bertz CT molecular complexity index is 732. The summed E-state index contributed by atoms with van der Waals surface area (Å²) in [5.74, 6) is -0.592. The summed E-state index contributed by atoms with van der Waals surface area (Å²) in [6.45, 7) is 0. The second kappa shape index (κ2) is 7.15. The lowest BCUT2D eigenvalue weighted by atomic mass is 10.0. The van der Waals surface area contributed by atoms with E-state index < -0.39 is 5.91 Å². The highest BCUT2D eigenvalue weighted by molar-refractivity contribution is 6.32. The first-order valence-corrected chi connectivity index (χ1v) is 7.13. The fourth-order valence-corrected chi connectivity index (χ4v) is 2.16. The summed E-state index contributed by atoms with van der Waals surface area (Å²) >= 11 is 11.5. The van der Waals surface area contributed by atoms with Crippen molar-refractivity contribution in [1.29, 1.82) is 0 Å². The zero-order valence-electron chi connectivity index (χ0n) is 11.3. The molecule has 0 spiro atoms. The lowest BCUT2D eigenvalue weighted by molar-refractivity contribution is -0.113. The van der Waals surface area contributed by atoms with E-state index in [1.807, 2.05) is 0 Å². The van der Waals surface area contributed by atoms with Crippen molar-refractivity contribution in [2.45, 2.75) is 0 Å². The molecule has 0 fully saturated rings. The fraction of sp³-hybridized carbons (Fsp3) is 0.0667. The molecule has 0 heterocycles. The number of alkyl halides is 1. The SMILES string of the molecule is O=C(CCl)Nc1ccc(Cl)cc1/C(=N\O)c1cccc(O)c1. The molecule has 0 aliphatic heterocycles. The Morgan fingerprint density at radius 3 is 2.64 bits per heavy atom. The summed E-state index contributed by atoms with van der Waals surface area (Å²) in [5.41, 5.74) is 1.42. The van der Waals surface area contributed by atoms with Crippen molar-refractivity contribution < 1.29 is 15.1 Å². The van der Waals surface area contributed by atoms with Crippen LogP contribution in [-0.2, 0) is 4.79 Å². The minimum absolute atomic E-state index is 0.0204. The standard InChI is InChI=1S/C15H12Cl2N2O3/c16-8-14(21)18-13-5-4-10(17)7-12(13)15(19-22)9-2-1-3-11(20)6-9/h1-7,20,22H,8H2,(H,18,21)/b19-15-. The molecule has 0 aliphatic carbocycles. The maximum Gasteiger partial charge on any atom is 0.239 e. The van der Waals surface area contributed by atoms with Gasteiger partial charge in [-0.15, -0.1) is 11.6 Å². The number of hydrogen-bond acceptors (Lipinski definition) is 4. The second-order valence-electron chi connectivity index (χ2n) is 4.37. The maximum atomic E-state index is 11.5. The molecule has 0 saturated carbocycles. The van der Waals surface area contributed by atoms with Crippen LogP contribution >= 0.6 is 23.2 Å². The van der Waals surface area contributed by atoms with Crippen molar-refractivity contribution in [1.82, 2.24) is 0 Å². The molecule has 2 rings (SSSR count). The van der Waals surface area contributed by atoms with Crippen LogP contribution in [0.5, 0.6) is 5.75 Å². The average molecular weight is 339 g/mol. The zero-order chi connectivity index (χ0) is 16.1. The van der Waals surface area contributed by atoms with Crippen molar-refractivity contribution in [3.05, 3.63) is 58.6 Å². The quantitative estimate of drug-likeness (QED) is 0.345. The van der Waals surface area contributed by atoms with Crippen LogP contribution in [0.25, 0.3) is 0 Å². The Kier molecular flexibility index (Phi) is 5.25. The van der Waals surface area contributed by atoms with Crippen molar-refractivity contribution in [2.75, 3.05) is 11.2 Å². The molecular formula is C15H12Cl2N2O3. The summed E-state index contributed by atoms with van der Waals surface area (Å²) in [6, 6.07) is 10.9. The smallest absolute Gasteiger partial charge is 0.239 e. The van der Waals surface area contributed by atoms with E-state index in [1.54, 1.807) is 30.3 Å². The zero-order valence-corrected chi connectivity index (χ0v) is 12.8.